The highest BCUT2D eigenvalue weighted by molar-refractivity contribution is 7.98. The Morgan fingerprint density at radius 1 is 1.00 bits per heavy atom. The number of halogens is 1. The number of hydrogen-bond acceptors (Lipinski definition) is 6. The largest absolute Gasteiger partial charge is 0.492 e. The van der Waals surface area contributed by atoms with Gasteiger partial charge >= 0.3 is 0 Å². The van der Waals surface area contributed by atoms with Crippen LogP contribution in [0.1, 0.15) is 39.7 Å². The Balaban J connectivity index is 2.08. The Morgan fingerprint density at radius 2 is 1.69 bits per heavy atom. The van der Waals surface area contributed by atoms with Crippen molar-refractivity contribution in [3.63, 3.8) is 0 Å². The van der Waals surface area contributed by atoms with Crippen molar-refractivity contribution in [3.05, 3.63) is 83.4 Å². The molecule has 0 saturated carbocycles. The van der Waals surface area contributed by atoms with Crippen LogP contribution in [0, 0.1) is 0 Å². The second-order valence-electron chi connectivity index (χ2n) is 9.73. The first kappa shape index (κ1) is 33.3. The van der Waals surface area contributed by atoms with E-state index in [1.807, 2.05) is 20.1 Å². The third-order valence-electron chi connectivity index (χ3n) is 6.77. The number of nitrogens with one attached hydrogen (secondary N) is 1. The maximum absolute atomic E-state index is 14.1. The molecular weight excluding hydrogens is 594 g/mol. The molecule has 0 aliphatic heterocycles. The molecule has 11 heteroatoms. The van der Waals surface area contributed by atoms with Crippen LogP contribution in [0.4, 0.5) is 5.69 Å². The van der Waals surface area contributed by atoms with Crippen molar-refractivity contribution in [1.29, 1.82) is 0 Å². The highest BCUT2D eigenvalue weighted by atomic mass is 35.5. The van der Waals surface area contributed by atoms with E-state index >= 15 is 0 Å². The van der Waals surface area contributed by atoms with Crippen molar-refractivity contribution in [1.82, 2.24) is 10.2 Å². The van der Waals surface area contributed by atoms with Crippen molar-refractivity contribution in [3.8, 4) is 5.75 Å². The molecule has 0 unspecified atom stereocenters. The van der Waals surface area contributed by atoms with Crippen LogP contribution in [0.15, 0.2) is 82.6 Å². The molecule has 2 amide bonds. The summed E-state index contributed by atoms with van der Waals surface area (Å²) >= 11 is 7.71. The first-order valence-electron chi connectivity index (χ1n) is 13.7. The average molecular weight is 632 g/mol. The maximum atomic E-state index is 14.1. The number of hydrogen-bond donors (Lipinski definition) is 1. The van der Waals surface area contributed by atoms with Gasteiger partial charge in [-0.15, -0.1) is 11.8 Å². The molecule has 8 nitrogen and oxygen atoms in total. The molecule has 0 fully saturated rings. The molecule has 0 aliphatic rings. The van der Waals surface area contributed by atoms with Gasteiger partial charge in [0.25, 0.3) is 10.0 Å². The predicted molar refractivity (Wildman–Crippen MR) is 170 cm³/mol. The fourth-order valence-corrected chi connectivity index (χ4v) is 6.25. The van der Waals surface area contributed by atoms with E-state index < -0.39 is 28.5 Å². The molecule has 0 radical (unpaired) electrons. The monoisotopic (exact) mass is 631 g/mol. The van der Waals surface area contributed by atoms with Crippen LogP contribution in [0.3, 0.4) is 0 Å². The molecule has 0 heterocycles. The number of para-hydroxylation sites is 2. The number of thioether (sulfide) groups is 1. The molecule has 226 valence electrons. The summed E-state index contributed by atoms with van der Waals surface area (Å²) in [5, 5.41) is 3.41. The van der Waals surface area contributed by atoms with Gasteiger partial charge in [0.2, 0.25) is 11.8 Å². The molecule has 42 heavy (non-hydrogen) atoms. The molecule has 1 N–H and O–H groups in total. The molecule has 2 atom stereocenters. The van der Waals surface area contributed by atoms with Gasteiger partial charge in [-0.2, -0.15) is 0 Å². The lowest BCUT2D eigenvalue weighted by Gasteiger charge is -2.33. The Morgan fingerprint density at radius 3 is 2.31 bits per heavy atom. The number of carbonyl (C=O) groups is 2. The zero-order valence-corrected chi connectivity index (χ0v) is 26.9. The van der Waals surface area contributed by atoms with E-state index in [1.165, 1.54) is 28.8 Å². The molecule has 0 bridgehead atoms. The maximum Gasteiger partial charge on any atom is 0.264 e. The molecule has 0 aliphatic carbocycles. The molecular formula is C31H38ClN3O5S2. The van der Waals surface area contributed by atoms with Gasteiger partial charge in [0.15, 0.2) is 0 Å². The van der Waals surface area contributed by atoms with Gasteiger partial charge in [-0.3, -0.25) is 13.9 Å². The Kier molecular flexibility index (Phi) is 12.1. The number of carbonyl (C=O) groups excluding carboxylic acids is 2. The number of sulfonamides is 1. The van der Waals surface area contributed by atoms with Crippen molar-refractivity contribution in [2.75, 3.05) is 23.7 Å². The molecule has 3 rings (SSSR count). The fraction of sp³-hybridized carbons (Fsp3) is 0.355. The minimum atomic E-state index is -4.22. The van der Waals surface area contributed by atoms with E-state index in [-0.39, 0.29) is 29.1 Å². The third kappa shape index (κ3) is 8.42. The van der Waals surface area contributed by atoms with Crippen LogP contribution in [0.25, 0.3) is 0 Å². The molecule has 0 spiro atoms. The van der Waals surface area contributed by atoms with Crippen molar-refractivity contribution >= 4 is 50.9 Å². The fourth-order valence-electron chi connectivity index (χ4n) is 4.21. The number of ether oxygens (including phenoxy) is 1. The quantitative estimate of drug-likeness (QED) is 0.220. The smallest absolute Gasteiger partial charge is 0.264 e. The standard InChI is InChI=1S/C31H38ClN3O5S2/c1-6-22(3)33-31(37)23(4)34(20-24-11-10-12-25(32)19-24)30(36)21-35(28-13-8-9-14-29(28)40-7-2)42(38,39)27-17-15-26(41-5)16-18-27/h8-19,22-23H,6-7,20-21H2,1-5H3,(H,33,37)/t22-,23+/m1/s1. The zero-order valence-electron chi connectivity index (χ0n) is 24.5. The van der Waals surface area contributed by atoms with E-state index in [4.69, 9.17) is 16.3 Å². The Bertz CT molecular complexity index is 1470. The van der Waals surface area contributed by atoms with E-state index in [9.17, 15) is 18.0 Å². The van der Waals surface area contributed by atoms with Crippen LogP contribution in [0.5, 0.6) is 5.75 Å². The highest BCUT2D eigenvalue weighted by Crippen LogP contribution is 2.33. The summed E-state index contributed by atoms with van der Waals surface area (Å²) in [6.45, 7) is 7.06. The first-order valence-corrected chi connectivity index (χ1v) is 16.8. The van der Waals surface area contributed by atoms with Crippen LogP contribution in [0.2, 0.25) is 5.02 Å². The third-order valence-corrected chi connectivity index (χ3v) is 9.52. The van der Waals surface area contributed by atoms with E-state index in [0.29, 0.717) is 22.9 Å². The zero-order chi connectivity index (χ0) is 30.9. The van der Waals surface area contributed by atoms with Gasteiger partial charge in [0.1, 0.15) is 18.3 Å². The van der Waals surface area contributed by atoms with E-state index in [1.54, 1.807) is 74.5 Å². The number of anilines is 1. The highest BCUT2D eigenvalue weighted by Gasteiger charge is 2.34. The lowest BCUT2D eigenvalue weighted by atomic mass is 10.1. The van der Waals surface area contributed by atoms with Crippen LogP contribution in [-0.2, 0) is 26.2 Å². The average Bonchev–Trinajstić information content (AvgIpc) is 2.98. The summed E-state index contributed by atoms with van der Waals surface area (Å²) < 4.78 is 35.1. The summed E-state index contributed by atoms with van der Waals surface area (Å²) in [6, 6.07) is 19.2. The predicted octanol–water partition coefficient (Wildman–Crippen LogP) is 5.99. The number of rotatable bonds is 14. The minimum Gasteiger partial charge on any atom is -0.492 e. The topological polar surface area (TPSA) is 96.0 Å². The summed E-state index contributed by atoms with van der Waals surface area (Å²) in [5.41, 5.74) is 0.928. The summed E-state index contributed by atoms with van der Waals surface area (Å²) in [5.74, 6) is -0.574. The number of amides is 2. The van der Waals surface area contributed by atoms with E-state index in [0.717, 1.165) is 15.6 Å². The van der Waals surface area contributed by atoms with Gasteiger partial charge in [0.05, 0.1) is 17.2 Å². The van der Waals surface area contributed by atoms with Gasteiger partial charge in [-0.25, -0.2) is 8.42 Å². The van der Waals surface area contributed by atoms with E-state index in [2.05, 4.69) is 5.32 Å². The summed E-state index contributed by atoms with van der Waals surface area (Å²) in [6.07, 6.45) is 2.62. The van der Waals surface area contributed by atoms with Gasteiger partial charge in [-0.1, -0.05) is 42.8 Å². The SMILES string of the molecule is CCOc1ccccc1N(CC(=O)N(Cc1cccc(Cl)c1)[C@@H](C)C(=O)N[C@H](C)CC)S(=O)(=O)c1ccc(SC)cc1. The van der Waals surface area contributed by atoms with Crippen LogP contribution in [-0.4, -0.2) is 56.6 Å². The van der Waals surface area contributed by atoms with Gasteiger partial charge in [-0.05, 0) is 87.5 Å². The summed E-state index contributed by atoms with van der Waals surface area (Å²) in [7, 11) is -4.22. The molecule has 3 aromatic carbocycles. The van der Waals surface area contributed by atoms with Crippen molar-refractivity contribution < 1.29 is 22.7 Å². The normalized spacial score (nSPS) is 12.7. The number of benzene rings is 3. The minimum absolute atomic E-state index is 0.0309. The lowest BCUT2D eigenvalue weighted by molar-refractivity contribution is -0.139. The molecule has 0 aromatic heterocycles. The molecule has 3 aromatic rings. The second kappa shape index (κ2) is 15.3. The van der Waals surface area contributed by atoms with Crippen molar-refractivity contribution in [2.45, 2.75) is 62.5 Å². The van der Waals surface area contributed by atoms with Crippen LogP contribution < -0.4 is 14.4 Å². The van der Waals surface area contributed by atoms with Gasteiger partial charge in [0, 0.05) is 22.5 Å². The second-order valence-corrected chi connectivity index (χ2v) is 12.9. The van der Waals surface area contributed by atoms with Gasteiger partial charge < -0.3 is 15.0 Å². The lowest BCUT2D eigenvalue weighted by Crippen LogP contribution is -2.52. The molecule has 0 saturated heterocycles. The Labute approximate surface area is 258 Å². The summed E-state index contributed by atoms with van der Waals surface area (Å²) in [4.78, 5) is 29.6. The van der Waals surface area contributed by atoms with Crippen molar-refractivity contribution in [2.24, 2.45) is 0 Å². The Hall–Kier alpha value is -3.21. The number of nitrogens with zero attached hydrogens (tertiary/aromatic N) is 2. The first-order chi connectivity index (χ1) is 20.0. The van der Waals surface area contributed by atoms with Crippen LogP contribution >= 0.6 is 23.4 Å².